The molecule has 2 heterocycles. The molecular weight excluding hydrogens is 493 g/mol. The van der Waals surface area contributed by atoms with Gasteiger partial charge in [-0.15, -0.1) is 0 Å². The summed E-state index contributed by atoms with van der Waals surface area (Å²) in [4.78, 5) is 26.8. The average molecular weight is 513 g/mol. The first-order chi connectivity index (χ1) is 17.2. The Labute approximate surface area is 210 Å². The lowest BCUT2D eigenvalue weighted by Gasteiger charge is -2.23. The molecule has 0 fully saturated rings. The lowest BCUT2D eigenvalue weighted by Crippen LogP contribution is -2.34. The van der Waals surface area contributed by atoms with Crippen molar-refractivity contribution in [3.05, 3.63) is 107 Å². The topological polar surface area (TPSA) is 68.2 Å². The fraction of sp³-hybridized carbons (Fsp3) is 0.154. The van der Waals surface area contributed by atoms with Crippen LogP contribution in [0.25, 0.3) is 0 Å². The molecule has 0 spiro atoms. The minimum absolute atomic E-state index is 0.0455. The van der Waals surface area contributed by atoms with E-state index in [2.05, 4.69) is 15.0 Å². The van der Waals surface area contributed by atoms with Gasteiger partial charge in [0.05, 0.1) is 11.3 Å². The number of aryl methyl sites for hydroxylation is 1. The average Bonchev–Trinajstić information content (AvgIpc) is 2.87. The fourth-order valence-corrected chi connectivity index (χ4v) is 3.57. The summed E-state index contributed by atoms with van der Waals surface area (Å²) >= 11 is 6.43. The van der Waals surface area contributed by atoms with Gasteiger partial charge in [0.25, 0.3) is 5.91 Å². The second kappa shape index (κ2) is 10.7. The Morgan fingerprint density at radius 2 is 1.69 bits per heavy atom. The molecule has 0 atom stereocenters. The molecule has 0 N–H and O–H groups in total. The van der Waals surface area contributed by atoms with Crippen molar-refractivity contribution in [2.75, 3.05) is 11.4 Å². The van der Waals surface area contributed by atoms with Crippen LogP contribution in [0.15, 0.2) is 79.3 Å². The maximum Gasteiger partial charge on any atom is 0.417 e. The Hall–Kier alpha value is -3.98. The zero-order valence-electron chi connectivity index (χ0n) is 19.0. The Morgan fingerprint density at radius 1 is 0.972 bits per heavy atom. The highest BCUT2D eigenvalue weighted by molar-refractivity contribution is 6.34. The number of alkyl halides is 3. The third-order valence-corrected chi connectivity index (χ3v) is 5.74. The lowest BCUT2D eigenvalue weighted by atomic mass is 10.1. The SMILES string of the molecule is Cc1ncnc(N(CCc2ccc(Oc3ccc(C(F)(F)F)cn3)cc2)C(=O)c2ccccc2)c1Cl. The zero-order valence-corrected chi connectivity index (χ0v) is 19.8. The largest absolute Gasteiger partial charge is 0.439 e. The maximum absolute atomic E-state index is 13.3. The van der Waals surface area contributed by atoms with Crippen LogP contribution in [0.5, 0.6) is 11.6 Å². The molecule has 10 heteroatoms. The van der Waals surface area contributed by atoms with E-state index in [0.29, 0.717) is 40.8 Å². The van der Waals surface area contributed by atoms with Gasteiger partial charge in [0.15, 0.2) is 5.82 Å². The molecule has 0 radical (unpaired) electrons. The van der Waals surface area contributed by atoms with Crippen molar-refractivity contribution in [2.45, 2.75) is 19.5 Å². The monoisotopic (exact) mass is 512 g/mol. The Kier molecular flexibility index (Phi) is 7.49. The van der Waals surface area contributed by atoms with Crippen LogP contribution in [-0.2, 0) is 12.6 Å². The number of nitrogens with zero attached hydrogens (tertiary/aromatic N) is 4. The van der Waals surface area contributed by atoms with E-state index in [1.54, 1.807) is 55.5 Å². The number of carbonyl (C=O) groups excluding carboxylic acids is 1. The summed E-state index contributed by atoms with van der Waals surface area (Å²) in [5.41, 5.74) is 1.11. The molecule has 4 aromatic rings. The second-order valence-electron chi connectivity index (χ2n) is 7.80. The van der Waals surface area contributed by atoms with Crippen molar-refractivity contribution in [1.29, 1.82) is 0 Å². The molecule has 6 nitrogen and oxygen atoms in total. The molecule has 184 valence electrons. The smallest absolute Gasteiger partial charge is 0.417 e. The minimum atomic E-state index is -4.46. The third-order valence-electron chi connectivity index (χ3n) is 5.30. The maximum atomic E-state index is 13.3. The molecule has 0 saturated carbocycles. The summed E-state index contributed by atoms with van der Waals surface area (Å²) < 4.78 is 43.6. The number of pyridine rings is 1. The van der Waals surface area contributed by atoms with Crippen LogP contribution in [0.2, 0.25) is 5.02 Å². The van der Waals surface area contributed by atoms with Crippen LogP contribution in [0.3, 0.4) is 0 Å². The van der Waals surface area contributed by atoms with E-state index in [1.165, 1.54) is 11.2 Å². The van der Waals surface area contributed by atoms with Gasteiger partial charge in [-0.05, 0) is 49.2 Å². The quantitative estimate of drug-likeness (QED) is 0.281. The normalized spacial score (nSPS) is 11.2. The summed E-state index contributed by atoms with van der Waals surface area (Å²) in [6.07, 6.45) is -1.89. The van der Waals surface area contributed by atoms with E-state index >= 15 is 0 Å². The molecule has 0 aliphatic carbocycles. The Balaban J connectivity index is 1.48. The van der Waals surface area contributed by atoms with Crippen LogP contribution >= 0.6 is 11.6 Å². The van der Waals surface area contributed by atoms with E-state index in [4.69, 9.17) is 16.3 Å². The van der Waals surface area contributed by atoms with Crippen molar-refractivity contribution in [2.24, 2.45) is 0 Å². The first-order valence-electron chi connectivity index (χ1n) is 10.9. The fourth-order valence-electron chi connectivity index (χ4n) is 3.37. The number of benzene rings is 2. The van der Waals surface area contributed by atoms with Gasteiger partial charge in [-0.25, -0.2) is 15.0 Å². The first-order valence-corrected chi connectivity index (χ1v) is 11.2. The predicted molar refractivity (Wildman–Crippen MR) is 129 cm³/mol. The van der Waals surface area contributed by atoms with Gasteiger partial charge in [0.1, 0.15) is 17.1 Å². The van der Waals surface area contributed by atoms with Crippen molar-refractivity contribution < 1.29 is 22.7 Å². The highest BCUT2D eigenvalue weighted by Crippen LogP contribution is 2.30. The summed E-state index contributed by atoms with van der Waals surface area (Å²) in [5.74, 6) is 0.539. The molecule has 4 rings (SSSR count). The molecule has 0 unspecified atom stereocenters. The Bertz CT molecular complexity index is 1330. The molecule has 0 aliphatic heterocycles. The van der Waals surface area contributed by atoms with E-state index in [-0.39, 0.29) is 11.8 Å². The van der Waals surface area contributed by atoms with Crippen molar-refractivity contribution in [3.8, 4) is 11.6 Å². The standard InChI is InChI=1S/C26H20ClF3N4O2/c1-17-23(27)24(33-16-32-17)34(25(35)19-5-3-2-4-6-19)14-13-18-7-10-21(11-8-18)36-22-12-9-20(15-31-22)26(28,29)30/h2-12,15-16H,13-14H2,1H3. The van der Waals surface area contributed by atoms with Crippen LogP contribution < -0.4 is 9.64 Å². The van der Waals surface area contributed by atoms with Crippen molar-refractivity contribution in [3.63, 3.8) is 0 Å². The second-order valence-corrected chi connectivity index (χ2v) is 8.18. The van der Waals surface area contributed by atoms with E-state index in [1.807, 2.05) is 6.07 Å². The van der Waals surface area contributed by atoms with E-state index in [9.17, 15) is 18.0 Å². The number of aromatic nitrogens is 3. The molecule has 2 aromatic carbocycles. The zero-order chi connectivity index (χ0) is 25.7. The van der Waals surface area contributed by atoms with Crippen LogP contribution in [-0.4, -0.2) is 27.4 Å². The molecule has 2 aromatic heterocycles. The molecule has 0 aliphatic rings. The number of halogens is 4. The number of hydrogen-bond donors (Lipinski definition) is 0. The number of carbonyl (C=O) groups is 1. The number of rotatable bonds is 7. The predicted octanol–water partition coefficient (Wildman–Crippen LogP) is 6.53. The van der Waals surface area contributed by atoms with Gasteiger partial charge in [-0.3, -0.25) is 9.69 Å². The molecule has 36 heavy (non-hydrogen) atoms. The van der Waals surface area contributed by atoms with E-state index in [0.717, 1.165) is 23.9 Å². The van der Waals surface area contributed by atoms with Crippen LogP contribution in [0.1, 0.15) is 27.2 Å². The van der Waals surface area contributed by atoms with Gasteiger partial charge in [-0.2, -0.15) is 13.2 Å². The number of hydrogen-bond acceptors (Lipinski definition) is 5. The van der Waals surface area contributed by atoms with Gasteiger partial charge >= 0.3 is 6.18 Å². The number of amides is 1. The first kappa shape index (κ1) is 25.1. The highest BCUT2D eigenvalue weighted by Gasteiger charge is 2.30. The van der Waals surface area contributed by atoms with Crippen molar-refractivity contribution in [1.82, 2.24) is 15.0 Å². The summed E-state index contributed by atoms with van der Waals surface area (Å²) in [6, 6.07) is 17.9. The third kappa shape index (κ3) is 5.98. The molecule has 0 bridgehead atoms. The summed E-state index contributed by atoms with van der Waals surface area (Å²) in [7, 11) is 0. The number of anilines is 1. The highest BCUT2D eigenvalue weighted by atomic mass is 35.5. The van der Waals surface area contributed by atoms with Crippen LogP contribution in [0.4, 0.5) is 19.0 Å². The van der Waals surface area contributed by atoms with Gasteiger partial charge in [0, 0.05) is 24.4 Å². The van der Waals surface area contributed by atoms with Crippen molar-refractivity contribution >= 4 is 23.3 Å². The Morgan fingerprint density at radius 3 is 2.33 bits per heavy atom. The summed E-state index contributed by atoms with van der Waals surface area (Å²) in [6.45, 7) is 2.04. The minimum Gasteiger partial charge on any atom is -0.439 e. The molecular formula is C26H20ClF3N4O2. The lowest BCUT2D eigenvalue weighted by molar-refractivity contribution is -0.137. The van der Waals surface area contributed by atoms with Gasteiger partial charge < -0.3 is 4.74 Å². The van der Waals surface area contributed by atoms with Gasteiger partial charge in [0.2, 0.25) is 5.88 Å². The summed E-state index contributed by atoms with van der Waals surface area (Å²) in [5, 5.41) is 0.301. The number of ether oxygens (including phenoxy) is 1. The van der Waals surface area contributed by atoms with E-state index < -0.39 is 11.7 Å². The molecule has 0 saturated heterocycles. The van der Waals surface area contributed by atoms with Gasteiger partial charge in [-0.1, -0.05) is 41.9 Å². The van der Waals surface area contributed by atoms with Crippen LogP contribution in [0, 0.1) is 6.92 Å². The molecule has 1 amide bonds.